The summed E-state index contributed by atoms with van der Waals surface area (Å²) in [5.74, 6) is -1.73. The van der Waals surface area contributed by atoms with Crippen LogP contribution in [0.2, 0.25) is 5.22 Å². The number of carboxylic acids is 1. The molecule has 6 heteroatoms. The molecule has 0 fully saturated rings. The Morgan fingerprint density at radius 1 is 1.32 bits per heavy atom. The monoisotopic (exact) mass is 282 g/mol. The molecule has 0 spiro atoms. The SMILES string of the molecule is O=C(O)C(COc1ccccc1O)c1ccc(Cl)o1. The average Bonchev–Trinajstić information content (AvgIpc) is 2.78. The van der Waals surface area contributed by atoms with Crippen molar-refractivity contribution in [2.75, 3.05) is 6.61 Å². The van der Waals surface area contributed by atoms with Gasteiger partial charge in [0.2, 0.25) is 0 Å². The number of benzene rings is 1. The molecule has 0 saturated heterocycles. The van der Waals surface area contributed by atoms with E-state index in [1.165, 1.54) is 18.2 Å². The fourth-order valence-electron chi connectivity index (χ4n) is 1.54. The van der Waals surface area contributed by atoms with Crippen LogP contribution in [0.4, 0.5) is 0 Å². The summed E-state index contributed by atoms with van der Waals surface area (Å²) in [5, 5.41) is 18.8. The third-order valence-electron chi connectivity index (χ3n) is 2.51. The van der Waals surface area contributed by atoms with Crippen molar-refractivity contribution in [2.45, 2.75) is 5.92 Å². The molecule has 0 radical (unpaired) electrons. The highest BCUT2D eigenvalue weighted by atomic mass is 35.5. The van der Waals surface area contributed by atoms with Crippen LogP contribution in [0.3, 0.4) is 0 Å². The van der Waals surface area contributed by atoms with E-state index in [2.05, 4.69) is 0 Å². The zero-order valence-electron chi connectivity index (χ0n) is 9.75. The zero-order valence-corrected chi connectivity index (χ0v) is 10.5. The molecule has 100 valence electrons. The van der Waals surface area contributed by atoms with Crippen LogP contribution in [-0.4, -0.2) is 22.8 Å². The van der Waals surface area contributed by atoms with Crippen molar-refractivity contribution in [1.29, 1.82) is 0 Å². The molecular formula is C13H11ClO5. The van der Waals surface area contributed by atoms with E-state index in [-0.39, 0.29) is 29.1 Å². The Hall–Kier alpha value is -2.14. The molecule has 0 aliphatic heterocycles. The van der Waals surface area contributed by atoms with Gasteiger partial charge in [-0.3, -0.25) is 4.79 Å². The Morgan fingerprint density at radius 2 is 2.05 bits per heavy atom. The summed E-state index contributed by atoms with van der Waals surface area (Å²) in [6.45, 7) is -0.170. The summed E-state index contributed by atoms with van der Waals surface area (Å²) in [7, 11) is 0. The van der Waals surface area contributed by atoms with Crippen LogP contribution in [0.15, 0.2) is 40.8 Å². The highest BCUT2D eigenvalue weighted by Crippen LogP contribution is 2.27. The molecule has 19 heavy (non-hydrogen) atoms. The topological polar surface area (TPSA) is 79.9 Å². The highest BCUT2D eigenvalue weighted by molar-refractivity contribution is 6.28. The number of aromatic hydroxyl groups is 1. The van der Waals surface area contributed by atoms with E-state index < -0.39 is 11.9 Å². The van der Waals surface area contributed by atoms with E-state index in [1.54, 1.807) is 18.2 Å². The summed E-state index contributed by atoms with van der Waals surface area (Å²) in [4.78, 5) is 11.2. The van der Waals surface area contributed by atoms with Crippen molar-refractivity contribution >= 4 is 17.6 Å². The standard InChI is InChI=1S/C13H11ClO5/c14-12-6-5-10(19-12)8(13(16)17)7-18-11-4-2-1-3-9(11)15/h1-6,8,15H,7H2,(H,16,17). The zero-order chi connectivity index (χ0) is 13.8. The summed E-state index contributed by atoms with van der Waals surface area (Å²) in [6, 6.07) is 9.26. The minimum absolute atomic E-state index is 0.0517. The molecule has 2 N–H and O–H groups in total. The van der Waals surface area contributed by atoms with E-state index >= 15 is 0 Å². The molecule has 0 bridgehead atoms. The van der Waals surface area contributed by atoms with Gasteiger partial charge >= 0.3 is 5.97 Å². The molecule has 1 atom stereocenters. The second-order valence-electron chi connectivity index (χ2n) is 3.81. The minimum atomic E-state index is -1.10. The number of rotatable bonds is 5. The molecule has 1 aromatic heterocycles. The van der Waals surface area contributed by atoms with Gasteiger partial charge in [0.15, 0.2) is 16.7 Å². The van der Waals surface area contributed by atoms with E-state index in [1.807, 2.05) is 0 Å². The molecule has 1 unspecified atom stereocenters. The van der Waals surface area contributed by atoms with Crippen LogP contribution in [0, 0.1) is 0 Å². The van der Waals surface area contributed by atoms with Gasteiger partial charge in [-0.15, -0.1) is 0 Å². The second-order valence-corrected chi connectivity index (χ2v) is 4.18. The van der Waals surface area contributed by atoms with Crippen molar-refractivity contribution < 1.29 is 24.2 Å². The Morgan fingerprint density at radius 3 is 2.63 bits per heavy atom. The van der Waals surface area contributed by atoms with Gasteiger partial charge in [-0.1, -0.05) is 12.1 Å². The lowest BCUT2D eigenvalue weighted by atomic mass is 10.1. The fraction of sp³-hybridized carbons (Fsp3) is 0.154. The molecule has 0 aliphatic carbocycles. The second kappa shape index (κ2) is 5.67. The third-order valence-corrected chi connectivity index (χ3v) is 2.71. The van der Waals surface area contributed by atoms with Gasteiger partial charge in [-0.2, -0.15) is 0 Å². The first-order valence-corrected chi connectivity index (χ1v) is 5.84. The van der Waals surface area contributed by atoms with Crippen LogP contribution >= 0.6 is 11.6 Å². The molecule has 2 aromatic rings. The lowest BCUT2D eigenvalue weighted by Gasteiger charge is -2.12. The molecular weight excluding hydrogens is 272 g/mol. The number of phenolic OH excluding ortho intramolecular Hbond substituents is 1. The van der Waals surface area contributed by atoms with Crippen LogP contribution in [-0.2, 0) is 4.79 Å². The smallest absolute Gasteiger partial charge is 0.317 e. The number of hydrogen-bond donors (Lipinski definition) is 2. The maximum Gasteiger partial charge on any atom is 0.317 e. The van der Waals surface area contributed by atoms with Crippen molar-refractivity contribution in [2.24, 2.45) is 0 Å². The number of furan rings is 1. The Balaban J connectivity index is 2.10. The Kier molecular flexibility index (Phi) is 3.97. The number of carbonyl (C=O) groups is 1. The molecule has 5 nitrogen and oxygen atoms in total. The maximum atomic E-state index is 11.2. The van der Waals surface area contributed by atoms with Gasteiger partial charge in [0.05, 0.1) is 0 Å². The number of halogens is 1. The number of phenols is 1. The third kappa shape index (κ3) is 3.20. The van der Waals surface area contributed by atoms with Gasteiger partial charge in [0.25, 0.3) is 0 Å². The van der Waals surface area contributed by atoms with Crippen LogP contribution in [0.25, 0.3) is 0 Å². The maximum absolute atomic E-state index is 11.2. The molecule has 0 saturated carbocycles. The lowest BCUT2D eigenvalue weighted by molar-refractivity contribution is -0.140. The van der Waals surface area contributed by atoms with Crippen LogP contribution in [0.5, 0.6) is 11.5 Å². The summed E-state index contributed by atoms with van der Waals surface area (Å²) in [5.41, 5.74) is 0. The molecule has 2 rings (SSSR count). The quantitative estimate of drug-likeness (QED) is 0.881. The van der Waals surface area contributed by atoms with Gasteiger partial charge in [-0.05, 0) is 35.9 Å². The first-order chi connectivity index (χ1) is 9.08. The molecule has 0 aliphatic rings. The summed E-state index contributed by atoms with van der Waals surface area (Å²) in [6.07, 6.45) is 0. The normalized spacial score (nSPS) is 12.1. The van der Waals surface area contributed by atoms with Crippen molar-refractivity contribution in [3.8, 4) is 11.5 Å². The van der Waals surface area contributed by atoms with Gasteiger partial charge < -0.3 is 19.4 Å². The molecule has 0 amide bonds. The summed E-state index contributed by atoms with van der Waals surface area (Å²) < 4.78 is 10.4. The van der Waals surface area contributed by atoms with E-state index in [0.29, 0.717) is 0 Å². The van der Waals surface area contributed by atoms with Crippen LogP contribution < -0.4 is 4.74 Å². The van der Waals surface area contributed by atoms with Crippen LogP contribution in [0.1, 0.15) is 11.7 Å². The molecule has 1 aromatic carbocycles. The largest absolute Gasteiger partial charge is 0.504 e. The van der Waals surface area contributed by atoms with Gasteiger partial charge in [-0.25, -0.2) is 0 Å². The fourth-order valence-corrected chi connectivity index (χ4v) is 1.70. The van der Waals surface area contributed by atoms with Crippen molar-refractivity contribution in [3.05, 3.63) is 47.4 Å². The van der Waals surface area contributed by atoms with Gasteiger partial charge in [0.1, 0.15) is 18.3 Å². The average molecular weight is 283 g/mol. The number of aliphatic carboxylic acids is 1. The van der Waals surface area contributed by atoms with Crippen molar-refractivity contribution in [1.82, 2.24) is 0 Å². The number of ether oxygens (including phenoxy) is 1. The first kappa shape index (κ1) is 13.3. The summed E-state index contributed by atoms with van der Waals surface area (Å²) >= 11 is 5.61. The van der Waals surface area contributed by atoms with E-state index in [4.69, 9.17) is 25.9 Å². The van der Waals surface area contributed by atoms with E-state index in [9.17, 15) is 9.90 Å². The minimum Gasteiger partial charge on any atom is -0.504 e. The highest BCUT2D eigenvalue weighted by Gasteiger charge is 2.24. The predicted molar refractivity (Wildman–Crippen MR) is 67.7 cm³/mol. The first-order valence-electron chi connectivity index (χ1n) is 5.46. The lowest BCUT2D eigenvalue weighted by Crippen LogP contribution is -2.19. The van der Waals surface area contributed by atoms with Crippen molar-refractivity contribution in [3.63, 3.8) is 0 Å². The Bertz CT molecular complexity index is 578. The number of para-hydroxylation sites is 2. The Labute approximate surface area is 114 Å². The molecule has 1 heterocycles. The van der Waals surface area contributed by atoms with Gasteiger partial charge in [0, 0.05) is 0 Å². The predicted octanol–water partition coefficient (Wildman–Crippen LogP) is 2.89. The number of carboxylic acid groups (broad SMARTS) is 1. The van der Waals surface area contributed by atoms with E-state index in [0.717, 1.165) is 0 Å². The number of hydrogen-bond acceptors (Lipinski definition) is 4.